The molecule has 5 amide bonds. The number of amides is 5. The van der Waals surface area contributed by atoms with Crippen LogP contribution in [0.25, 0.3) is 0 Å². The smallest absolute Gasteiger partial charge is 0.407 e. The second-order valence-electron chi connectivity index (χ2n) is 11.0. The SMILES string of the molecule is CC(C)(C)OC(=O)NCCC(=O)Nc1ccc(CNC(=O)c2ccc3c(c2)C(=O)N(C(C)(C)C)C3=O)cc1. The lowest BCUT2D eigenvalue weighted by atomic mass is 10.1. The molecule has 0 saturated heterocycles. The van der Waals surface area contributed by atoms with Gasteiger partial charge in [0.1, 0.15) is 5.60 Å². The molecule has 0 unspecified atom stereocenters. The summed E-state index contributed by atoms with van der Waals surface area (Å²) in [7, 11) is 0. The summed E-state index contributed by atoms with van der Waals surface area (Å²) in [5, 5.41) is 8.08. The molecule has 0 saturated carbocycles. The average Bonchev–Trinajstić information content (AvgIpc) is 3.06. The van der Waals surface area contributed by atoms with Gasteiger partial charge >= 0.3 is 6.09 Å². The highest BCUT2D eigenvalue weighted by Crippen LogP contribution is 2.29. The van der Waals surface area contributed by atoms with Crippen molar-refractivity contribution in [1.29, 1.82) is 0 Å². The zero-order chi connectivity index (χ0) is 28.3. The Morgan fingerprint density at radius 1 is 0.842 bits per heavy atom. The van der Waals surface area contributed by atoms with Crippen molar-refractivity contribution < 1.29 is 28.7 Å². The molecule has 0 aliphatic carbocycles. The molecule has 2 aromatic carbocycles. The largest absolute Gasteiger partial charge is 0.444 e. The Hall–Kier alpha value is -4.21. The van der Waals surface area contributed by atoms with Gasteiger partial charge in [0.05, 0.1) is 11.1 Å². The Balaban J connectivity index is 1.50. The number of fused-ring (bicyclic) bond motifs is 1. The molecule has 1 aliphatic heterocycles. The van der Waals surface area contributed by atoms with Crippen LogP contribution in [0, 0.1) is 0 Å². The van der Waals surface area contributed by atoms with Crippen molar-refractivity contribution >= 4 is 35.4 Å². The third kappa shape index (κ3) is 7.18. The molecule has 2 aromatic rings. The molecule has 1 aliphatic rings. The number of nitrogens with one attached hydrogen (secondary N) is 3. The van der Waals surface area contributed by atoms with Gasteiger partial charge in [0, 0.05) is 36.3 Å². The van der Waals surface area contributed by atoms with Gasteiger partial charge < -0.3 is 20.7 Å². The molecule has 0 aromatic heterocycles. The first-order chi connectivity index (χ1) is 17.7. The maximum absolute atomic E-state index is 12.8. The van der Waals surface area contributed by atoms with E-state index in [-0.39, 0.29) is 48.4 Å². The lowest BCUT2D eigenvalue weighted by molar-refractivity contribution is -0.116. The van der Waals surface area contributed by atoms with Crippen LogP contribution in [0.15, 0.2) is 42.5 Å². The highest BCUT2D eigenvalue weighted by Gasteiger charge is 2.42. The summed E-state index contributed by atoms with van der Waals surface area (Å²) >= 11 is 0. The van der Waals surface area contributed by atoms with Crippen molar-refractivity contribution in [3.8, 4) is 0 Å². The Bertz CT molecular complexity index is 1260. The van der Waals surface area contributed by atoms with E-state index in [0.717, 1.165) is 5.56 Å². The lowest BCUT2D eigenvalue weighted by Crippen LogP contribution is -2.45. The van der Waals surface area contributed by atoms with E-state index in [0.29, 0.717) is 11.3 Å². The van der Waals surface area contributed by atoms with Gasteiger partial charge in [0.25, 0.3) is 17.7 Å². The van der Waals surface area contributed by atoms with Crippen LogP contribution in [0.1, 0.15) is 84.6 Å². The van der Waals surface area contributed by atoms with E-state index in [9.17, 15) is 24.0 Å². The molecule has 3 rings (SSSR count). The normalized spacial score (nSPS) is 13.2. The predicted octanol–water partition coefficient (Wildman–Crippen LogP) is 3.86. The van der Waals surface area contributed by atoms with Gasteiger partial charge in [0.15, 0.2) is 0 Å². The van der Waals surface area contributed by atoms with Crippen LogP contribution in [0.4, 0.5) is 10.5 Å². The topological polar surface area (TPSA) is 134 Å². The molecule has 38 heavy (non-hydrogen) atoms. The maximum atomic E-state index is 12.8. The Labute approximate surface area is 222 Å². The van der Waals surface area contributed by atoms with Gasteiger partial charge in [-0.05, 0) is 77.4 Å². The fourth-order valence-electron chi connectivity index (χ4n) is 3.80. The molecular weight excluding hydrogens is 488 g/mol. The number of anilines is 1. The summed E-state index contributed by atoms with van der Waals surface area (Å²) in [4.78, 5) is 63.1. The van der Waals surface area contributed by atoms with Gasteiger partial charge in [0.2, 0.25) is 5.91 Å². The third-order valence-corrected chi connectivity index (χ3v) is 5.53. The zero-order valence-corrected chi connectivity index (χ0v) is 22.6. The van der Waals surface area contributed by atoms with E-state index < -0.39 is 23.1 Å². The summed E-state index contributed by atoms with van der Waals surface area (Å²) in [6.45, 7) is 11.0. The second kappa shape index (κ2) is 11.0. The number of alkyl carbamates (subject to hydrolysis) is 1. The van der Waals surface area contributed by atoms with Crippen LogP contribution >= 0.6 is 0 Å². The molecule has 3 N–H and O–H groups in total. The minimum Gasteiger partial charge on any atom is -0.444 e. The van der Waals surface area contributed by atoms with Crippen LogP contribution in [0.5, 0.6) is 0 Å². The summed E-state index contributed by atoms with van der Waals surface area (Å²) < 4.78 is 5.12. The minimum absolute atomic E-state index is 0.0828. The molecular formula is C28H34N4O6. The summed E-state index contributed by atoms with van der Waals surface area (Å²) in [5.74, 6) is -1.42. The molecule has 202 valence electrons. The maximum Gasteiger partial charge on any atom is 0.407 e. The van der Waals surface area contributed by atoms with Crippen LogP contribution in [0.3, 0.4) is 0 Å². The molecule has 10 heteroatoms. The van der Waals surface area contributed by atoms with Crippen LogP contribution in [-0.4, -0.2) is 52.3 Å². The average molecular weight is 523 g/mol. The van der Waals surface area contributed by atoms with E-state index in [4.69, 9.17) is 4.74 Å². The zero-order valence-electron chi connectivity index (χ0n) is 22.6. The Kier molecular flexibility index (Phi) is 8.24. The molecule has 0 spiro atoms. The number of rotatable bonds is 7. The lowest BCUT2D eigenvalue weighted by Gasteiger charge is -2.29. The Morgan fingerprint density at radius 3 is 2.08 bits per heavy atom. The van der Waals surface area contributed by atoms with Crippen molar-refractivity contribution in [3.05, 3.63) is 64.7 Å². The molecule has 0 radical (unpaired) electrons. The van der Waals surface area contributed by atoms with Gasteiger partial charge in [-0.1, -0.05) is 12.1 Å². The van der Waals surface area contributed by atoms with E-state index in [1.807, 2.05) is 0 Å². The van der Waals surface area contributed by atoms with Crippen LogP contribution in [-0.2, 0) is 16.1 Å². The summed E-state index contributed by atoms with van der Waals surface area (Å²) in [5.41, 5.74) is 0.894. The first-order valence-electron chi connectivity index (χ1n) is 12.3. The fraction of sp³-hybridized carbons (Fsp3) is 0.393. The molecule has 10 nitrogen and oxygen atoms in total. The molecule has 1 heterocycles. The van der Waals surface area contributed by atoms with Gasteiger partial charge in [-0.15, -0.1) is 0 Å². The number of carbonyl (C=O) groups excluding carboxylic acids is 5. The number of hydrogen-bond donors (Lipinski definition) is 3. The van der Waals surface area contributed by atoms with Gasteiger partial charge in [-0.25, -0.2) is 4.79 Å². The molecule has 0 fully saturated rings. The number of carbonyl (C=O) groups is 5. The van der Waals surface area contributed by atoms with E-state index in [1.165, 1.54) is 23.1 Å². The van der Waals surface area contributed by atoms with Gasteiger partial charge in [-0.3, -0.25) is 24.1 Å². The highest BCUT2D eigenvalue weighted by atomic mass is 16.6. The molecule has 0 bridgehead atoms. The van der Waals surface area contributed by atoms with E-state index in [1.54, 1.807) is 65.8 Å². The number of nitrogens with zero attached hydrogens (tertiary/aromatic N) is 1. The first kappa shape index (κ1) is 28.4. The van der Waals surface area contributed by atoms with Crippen molar-refractivity contribution in [3.63, 3.8) is 0 Å². The number of benzene rings is 2. The summed E-state index contributed by atoms with van der Waals surface area (Å²) in [6, 6.07) is 11.4. The second-order valence-corrected chi connectivity index (χ2v) is 11.0. The monoisotopic (exact) mass is 522 g/mol. The summed E-state index contributed by atoms with van der Waals surface area (Å²) in [6.07, 6.45) is -0.497. The van der Waals surface area contributed by atoms with Crippen molar-refractivity contribution in [2.45, 2.75) is 65.6 Å². The van der Waals surface area contributed by atoms with Gasteiger partial charge in [-0.2, -0.15) is 0 Å². The minimum atomic E-state index is -0.668. The number of imide groups is 1. The fourth-order valence-corrected chi connectivity index (χ4v) is 3.80. The van der Waals surface area contributed by atoms with Crippen molar-refractivity contribution in [2.75, 3.05) is 11.9 Å². The first-order valence-corrected chi connectivity index (χ1v) is 12.3. The van der Waals surface area contributed by atoms with Crippen molar-refractivity contribution in [1.82, 2.24) is 15.5 Å². The predicted molar refractivity (Wildman–Crippen MR) is 142 cm³/mol. The third-order valence-electron chi connectivity index (χ3n) is 5.53. The standard InChI is InChI=1S/C28H34N4O6/c1-27(2,3)32-24(35)20-12-9-18(15-21(20)25(32)36)23(34)30-16-17-7-10-19(11-8-17)31-22(33)13-14-29-26(37)38-28(4,5)6/h7-12,15H,13-14,16H2,1-6H3,(H,29,37)(H,30,34)(H,31,33). The van der Waals surface area contributed by atoms with Crippen molar-refractivity contribution in [2.24, 2.45) is 0 Å². The highest BCUT2D eigenvalue weighted by molar-refractivity contribution is 6.22. The van der Waals surface area contributed by atoms with Crippen LogP contribution in [0.2, 0.25) is 0 Å². The molecule has 0 atom stereocenters. The number of ether oxygens (including phenoxy) is 1. The Morgan fingerprint density at radius 2 is 1.47 bits per heavy atom. The van der Waals surface area contributed by atoms with Crippen LogP contribution < -0.4 is 16.0 Å². The van der Waals surface area contributed by atoms with E-state index in [2.05, 4.69) is 16.0 Å². The quantitative estimate of drug-likeness (QED) is 0.473. The van der Waals surface area contributed by atoms with E-state index >= 15 is 0 Å². The number of hydrogen-bond acceptors (Lipinski definition) is 6.